The van der Waals surface area contributed by atoms with E-state index in [9.17, 15) is 24.0 Å². The summed E-state index contributed by atoms with van der Waals surface area (Å²) in [6, 6.07) is 6.01. The summed E-state index contributed by atoms with van der Waals surface area (Å²) in [6.45, 7) is 8.47. The molecule has 0 unspecified atom stereocenters. The fourth-order valence-electron chi connectivity index (χ4n) is 2.48. The quantitative estimate of drug-likeness (QED) is 0.221. The third-order valence-corrected chi connectivity index (χ3v) is 4.51. The van der Waals surface area contributed by atoms with Crippen LogP contribution in [0.4, 0.5) is 5.69 Å². The number of ether oxygens (including phenoxy) is 2. The molecule has 1 aromatic carbocycles. The molecule has 0 spiro atoms. The Hall–Kier alpha value is -4.31. The summed E-state index contributed by atoms with van der Waals surface area (Å²) < 4.78 is 9.51. The Labute approximate surface area is 202 Å². The highest BCUT2D eigenvalue weighted by molar-refractivity contribution is 6.28. The molecule has 1 aromatic rings. The lowest BCUT2D eigenvalue weighted by atomic mass is 10.1. The first kappa shape index (κ1) is 28.7. The normalized spacial score (nSPS) is 12.5. The van der Waals surface area contributed by atoms with Crippen LogP contribution in [0, 0.1) is 0 Å². The zero-order valence-corrected chi connectivity index (χ0v) is 19.5. The Morgan fingerprint density at radius 2 is 1.57 bits per heavy atom. The first-order chi connectivity index (χ1) is 16.5. The summed E-state index contributed by atoms with van der Waals surface area (Å²) in [4.78, 5) is 57.0. The molecule has 0 aliphatic carbocycles. The number of benzene rings is 1. The molecule has 0 atom stereocenters. The van der Waals surface area contributed by atoms with Crippen molar-refractivity contribution >= 4 is 35.4 Å². The van der Waals surface area contributed by atoms with Gasteiger partial charge in [-0.3, -0.25) is 9.59 Å². The molecule has 0 bridgehead atoms. The fourth-order valence-corrected chi connectivity index (χ4v) is 2.48. The van der Waals surface area contributed by atoms with E-state index in [0.29, 0.717) is 18.5 Å². The summed E-state index contributed by atoms with van der Waals surface area (Å²) in [5.41, 5.74) is 1.10. The SMILES string of the molecule is C=C(CC=C(C)C(=O)O)C(=O)OC.C=C(CCCO)C(=O)Oc1ccc(N2C(=O)C=CC2=O)cc1. The minimum absolute atomic E-state index is 0.0209. The zero-order chi connectivity index (χ0) is 26.5. The molecule has 0 aromatic heterocycles. The number of rotatable bonds is 10. The Morgan fingerprint density at radius 3 is 2.06 bits per heavy atom. The van der Waals surface area contributed by atoms with Gasteiger partial charge in [0.2, 0.25) is 0 Å². The molecule has 0 saturated heterocycles. The van der Waals surface area contributed by atoms with Crippen LogP contribution in [0.5, 0.6) is 5.75 Å². The van der Waals surface area contributed by atoms with Crippen LogP contribution in [0.2, 0.25) is 0 Å². The number of amides is 2. The lowest BCUT2D eigenvalue weighted by Gasteiger charge is -2.14. The van der Waals surface area contributed by atoms with Crippen LogP contribution in [0.25, 0.3) is 0 Å². The van der Waals surface area contributed by atoms with Crippen molar-refractivity contribution in [1.82, 2.24) is 0 Å². The summed E-state index contributed by atoms with van der Waals surface area (Å²) in [7, 11) is 1.25. The molecule has 2 rings (SSSR count). The first-order valence-electron chi connectivity index (χ1n) is 10.3. The maximum atomic E-state index is 11.7. The van der Waals surface area contributed by atoms with E-state index in [-0.39, 0.29) is 35.5 Å². The minimum atomic E-state index is -1.00. The molecule has 2 amide bonds. The van der Waals surface area contributed by atoms with Crippen molar-refractivity contribution in [3.8, 4) is 5.75 Å². The molecular weight excluding hydrogens is 458 g/mol. The van der Waals surface area contributed by atoms with E-state index in [1.54, 1.807) is 0 Å². The number of allylic oxidation sites excluding steroid dienone is 1. The van der Waals surface area contributed by atoms with Crippen molar-refractivity contribution in [3.05, 3.63) is 72.4 Å². The molecule has 0 fully saturated rings. The topological polar surface area (TPSA) is 148 Å². The average Bonchev–Trinajstić information content (AvgIpc) is 3.18. The van der Waals surface area contributed by atoms with E-state index in [4.69, 9.17) is 14.9 Å². The summed E-state index contributed by atoms with van der Waals surface area (Å²) in [5, 5.41) is 17.2. The number of methoxy groups -OCH3 is 1. The van der Waals surface area contributed by atoms with Crippen molar-refractivity contribution in [2.24, 2.45) is 0 Å². The van der Waals surface area contributed by atoms with Crippen molar-refractivity contribution in [1.29, 1.82) is 0 Å². The monoisotopic (exact) mass is 485 g/mol. The molecule has 2 N–H and O–H groups in total. The van der Waals surface area contributed by atoms with Gasteiger partial charge in [0.1, 0.15) is 5.75 Å². The second-order valence-electron chi connectivity index (χ2n) is 7.15. The number of nitrogens with zero attached hydrogens (tertiary/aromatic N) is 1. The van der Waals surface area contributed by atoms with Crippen LogP contribution in [0.15, 0.2) is 72.4 Å². The van der Waals surface area contributed by atoms with Gasteiger partial charge in [0.05, 0.1) is 12.8 Å². The Bertz CT molecular complexity index is 1050. The molecule has 1 aliphatic rings. The van der Waals surface area contributed by atoms with Gasteiger partial charge < -0.3 is 19.7 Å². The van der Waals surface area contributed by atoms with Gasteiger partial charge >= 0.3 is 17.9 Å². The van der Waals surface area contributed by atoms with Crippen molar-refractivity contribution in [2.45, 2.75) is 26.2 Å². The Morgan fingerprint density at radius 1 is 1.00 bits per heavy atom. The number of anilines is 1. The number of aliphatic hydroxyl groups is 1. The van der Waals surface area contributed by atoms with Gasteiger partial charge in [-0.1, -0.05) is 19.2 Å². The molecule has 10 nitrogen and oxygen atoms in total. The minimum Gasteiger partial charge on any atom is -0.478 e. The van der Waals surface area contributed by atoms with Gasteiger partial charge in [0.15, 0.2) is 0 Å². The number of esters is 2. The van der Waals surface area contributed by atoms with E-state index < -0.39 is 29.7 Å². The second kappa shape index (κ2) is 14.1. The number of hydrogen-bond acceptors (Lipinski definition) is 8. The Kier molecular flexibility index (Phi) is 11.5. The maximum absolute atomic E-state index is 11.7. The number of carbonyl (C=O) groups excluding carboxylic acids is 4. The van der Waals surface area contributed by atoms with Gasteiger partial charge in [-0.2, -0.15) is 0 Å². The smallest absolute Gasteiger partial charge is 0.338 e. The largest absolute Gasteiger partial charge is 0.478 e. The summed E-state index contributed by atoms with van der Waals surface area (Å²) >= 11 is 0. The van der Waals surface area contributed by atoms with Gasteiger partial charge in [-0.15, -0.1) is 0 Å². The van der Waals surface area contributed by atoms with E-state index >= 15 is 0 Å². The highest BCUT2D eigenvalue weighted by atomic mass is 16.5. The second-order valence-corrected chi connectivity index (χ2v) is 7.15. The molecule has 10 heteroatoms. The van der Waals surface area contributed by atoms with Crippen LogP contribution in [-0.4, -0.2) is 53.7 Å². The summed E-state index contributed by atoms with van der Waals surface area (Å²) in [6.07, 6.45) is 4.81. The molecule has 35 heavy (non-hydrogen) atoms. The molecule has 186 valence electrons. The van der Waals surface area contributed by atoms with Crippen molar-refractivity contribution < 1.29 is 43.7 Å². The number of aliphatic carboxylic acids is 1. The molecule has 1 aliphatic heterocycles. The first-order valence-corrected chi connectivity index (χ1v) is 10.3. The summed E-state index contributed by atoms with van der Waals surface area (Å²) in [5.74, 6) is -2.63. The fraction of sp³-hybridized carbons (Fsp3) is 0.240. The van der Waals surface area contributed by atoms with E-state index in [1.807, 2.05) is 0 Å². The predicted octanol–water partition coefficient (Wildman–Crippen LogP) is 2.49. The standard InChI is InChI=1S/C16H15NO5.C9H12O4/c1-11(3-2-10-18)16(21)22-13-6-4-12(5-7-13)17-14(19)8-9-15(17)20;1-6(8(10)11)4-5-7(2)9(12)13-3/h4-9,18H,1-3,10H2;4H,2,5H2,1,3H3,(H,10,11). The number of aliphatic hydroxyl groups excluding tert-OH is 1. The number of carbonyl (C=O) groups is 5. The highest BCUT2D eigenvalue weighted by Gasteiger charge is 2.25. The molecule has 0 radical (unpaired) electrons. The van der Waals surface area contributed by atoms with Gasteiger partial charge in [-0.05, 0) is 50.5 Å². The van der Waals surface area contributed by atoms with E-state index in [2.05, 4.69) is 17.9 Å². The highest BCUT2D eigenvalue weighted by Crippen LogP contribution is 2.23. The average molecular weight is 485 g/mol. The maximum Gasteiger partial charge on any atom is 0.338 e. The van der Waals surface area contributed by atoms with Crippen LogP contribution >= 0.6 is 0 Å². The number of carboxylic acid groups (broad SMARTS) is 1. The third-order valence-electron chi connectivity index (χ3n) is 4.51. The van der Waals surface area contributed by atoms with Crippen LogP contribution in [0.1, 0.15) is 26.2 Å². The Balaban J connectivity index is 0.000000405. The predicted molar refractivity (Wildman–Crippen MR) is 126 cm³/mol. The lowest BCUT2D eigenvalue weighted by Crippen LogP contribution is -2.29. The molecular formula is C25H27NO9. The third kappa shape index (κ3) is 9.22. The number of imide groups is 1. The molecule has 0 saturated carbocycles. The van der Waals surface area contributed by atoms with Crippen LogP contribution < -0.4 is 9.64 Å². The van der Waals surface area contributed by atoms with E-state index in [1.165, 1.54) is 56.5 Å². The van der Waals surface area contributed by atoms with Crippen molar-refractivity contribution in [3.63, 3.8) is 0 Å². The number of hydrogen-bond donors (Lipinski definition) is 2. The zero-order valence-electron chi connectivity index (χ0n) is 19.5. The van der Waals surface area contributed by atoms with Gasteiger partial charge in [0.25, 0.3) is 11.8 Å². The van der Waals surface area contributed by atoms with E-state index in [0.717, 1.165) is 4.90 Å². The van der Waals surface area contributed by atoms with Gasteiger partial charge in [0, 0.05) is 35.5 Å². The lowest BCUT2D eigenvalue weighted by molar-refractivity contribution is -0.136. The van der Waals surface area contributed by atoms with Gasteiger partial charge in [-0.25, -0.2) is 19.3 Å². The van der Waals surface area contributed by atoms with Crippen LogP contribution in [0.3, 0.4) is 0 Å². The molecule has 1 heterocycles. The van der Waals surface area contributed by atoms with Crippen molar-refractivity contribution in [2.75, 3.05) is 18.6 Å². The van der Waals surface area contributed by atoms with Crippen LogP contribution in [-0.2, 0) is 28.7 Å². The number of carboxylic acids is 1.